The van der Waals surface area contributed by atoms with Gasteiger partial charge in [0.05, 0.1) is 19.4 Å². The third kappa shape index (κ3) is 4.41. The van der Waals surface area contributed by atoms with Gasteiger partial charge < -0.3 is 9.47 Å². The summed E-state index contributed by atoms with van der Waals surface area (Å²) in [6, 6.07) is 0. The zero-order chi connectivity index (χ0) is 14.3. The molecule has 19 heavy (non-hydrogen) atoms. The Balaban J connectivity index is 2.62. The minimum atomic E-state index is -0.641. The zero-order valence-electron chi connectivity index (χ0n) is 10.7. The first-order valence-electron chi connectivity index (χ1n) is 5.73. The molecule has 0 fully saturated rings. The van der Waals surface area contributed by atoms with Gasteiger partial charge in [0, 0.05) is 0 Å². The highest BCUT2D eigenvalue weighted by Gasteiger charge is 2.16. The Morgan fingerprint density at radius 1 is 1.26 bits per heavy atom. The quantitative estimate of drug-likeness (QED) is 0.580. The van der Waals surface area contributed by atoms with Gasteiger partial charge in [0.15, 0.2) is 5.69 Å². The number of nitrogens with one attached hydrogen (secondary N) is 1. The van der Waals surface area contributed by atoms with Crippen molar-refractivity contribution in [3.63, 3.8) is 0 Å². The second-order valence-electron chi connectivity index (χ2n) is 3.39. The molecule has 0 radical (unpaired) electrons. The molecule has 0 atom stereocenters. The van der Waals surface area contributed by atoms with E-state index < -0.39 is 24.3 Å². The fraction of sp³-hybridized carbons (Fsp3) is 0.455. The lowest BCUT2D eigenvalue weighted by Crippen LogP contribution is -2.28. The number of nitrogens with zero attached hydrogens (tertiary/aromatic N) is 2. The molecule has 0 aliphatic carbocycles. The van der Waals surface area contributed by atoms with Crippen LogP contribution in [0.2, 0.25) is 0 Å². The van der Waals surface area contributed by atoms with Crippen LogP contribution in [0.5, 0.6) is 0 Å². The predicted molar refractivity (Wildman–Crippen MR) is 63.8 cm³/mol. The van der Waals surface area contributed by atoms with Crippen LogP contribution >= 0.6 is 0 Å². The normalized spacial score (nSPS) is 9.79. The molecule has 1 rings (SSSR count). The van der Waals surface area contributed by atoms with Crippen LogP contribution in [0.3, 0.4) is 0 Å². The molecule has 104 valence electrons. The van der Waals surface area contributed by atoms with Crippen molar-refractivity contribution in [2.75, 3.05) is 18.6 Å². The minimum absolute atomic E-state index is 0.0686. The van der Waals surface area contributed by atoms with Gasteiger partial charge in [-0.15, -0.1) is 0 Å². The van der Waals surface area contributed by atoms with Crippen LogP contribution < -0.4 is 5.43 Å². The number of aromatic nitrogens is 2. The van der Waals surface area contributed by atoms with Gasteiger partial charge in [-0.05, 0) is 13.8 Å². The minimum Gasteiger partial charge on any atom is -0.466 e. The van der Waals surface area contributed by atoms with Crippen molar-refractivity contribution in [3.05, 3.63) is 18.2 Å². The molecule has 1 amide bonds. The number of imidazole rings is 1. The van der Waals surface area contributed by atoms with Crippen molar-refractivity contribution in [3.8, 4) is 0 Å². The molecule has 1 aromatic heterocycles. The number of hydrogen-bond donors (Lipinski definition) is 1. The summed E-state index contributed by atoms with van der Waals surface area (Å²) in [5.74, 6) is -1.86. The van der Waals surface area contributed by atoms with Crippen molar-refractivity contribution in [2.45, 2.75) is 20.3 Å². The molecule has 0 spiro atoms. The number of esters is 2. The molecule has 0 aliphatic rings. The lowest BCUT2D eigenvalue weighted by Gasteiger charge is -2.08. The molecular formula is C11H15N3O5. The Morgan fingerprint density at radius 2 is 1.95 bits per heavy atom. The summed E-state index contributed by atoms with van der Waals surface area (Å²) in [4.78, 5) is 37.9. The Bertz CT molecular complexity index is 469. The van der Waals surface area contributed by atoms with Gasteiger partial charge in [-0.2, -0.15) is 0 Å². The number of ether oxygens (including phenoxy) is 2. The van der Waals surface area contributed by atoms with Gasteiger partial charge in [0.25, 0.3) is 0 Å². The van der Waals surface area contributed by atoms with Crippen molar-refractivity contribution >= 4 is 17.8 Å². The van der Waals surface area contributed by atoms with Crippen molar-refractivity contribution < 1.29 is 23.9 Å². The van der Waals surface area contributed by atoms with Crippen LogP contribution in [0.4, 0.5) is 0 Å². The van der Waals surface area contributed by atoms with Gasteiger partial charge in [-0.25, -0.2) is 14.5 Å². The summed E-state index contributed by atoms with van der Waals surface area (Å²) >= 11 is 0. The molecular weight excluding hydrogens is 254 g/mol. The first kappa shape index (κ1) is 14.7. The molecule has 0 aliphatic heterocycles. The highest BCUT2D eigenvalue weighted by molar-refractivity contribution is 5.99. The summed E-state index contributed by atoms with van der Waals surface area (Å²) in [6.07, 6.45) is 2.05. The van der Waals surface area contributed by atoms with E-state index in [0.29, 0.717) is 0 Å². The van der Waals surface area contributed by atoms with E-state index in [9.17, 15) is 14.4 Å². The van der Waals surface area contributed by atoms with E-state index in [4.69, 9.17) is 4.74 Å². The first-order valence-corrected chi connectivity index (χ1v) is 5.73. The molecule has 8 nitrogen and oxygen atoms in total. The Hall–Kier alpha value is -2.38. The summed E-state index contributed by atoms with van der Waals surface area (Å²) in [5, 5.41) is 0. The van der Waals surface area contributed by atoms with Crippen LogP contribution in [0.1, 0.15) is 30.8 Å². The van der Waals surface area contributed by atoms with Gasteiger partial charge in [-0.3, -0.25) is 15.0 Å². The number of rotatable bonds is 6. The van der Waals surface area contributed by atoms with Crippen LogP contribution in [-0.4, -0.2) is 40.7 Å². The number of carbonyl (C=O) groups excluding carboxylic acids is 3. The van der Waals surface area contributed by atoms with Gasteiger partial charge in [0.1, 0.15) is 12.7 Å². The van der Waals surface area contributed by atoms with Crippen LogP contribution in [0.15, 0.2) is 12.5 Å². The van der Waals surface area contributed by atoms with Gasteiger partial charge in [-0.1, -0.05) is 0 Å². The lowest BCUT2D eigenvalue weighted by molar-refractivity contribution is -0.145. The summed E-state index contributed by atoms with van der Waals surface area (Å²) in [7, 11) is 0. The summed E-state index contributed by atoms with van der Waals surface area (Å²) in [6.45, 7) is 3.72. The Morgan fingerprint density at radius 3 is 2.58 bits per heavy atom. The van der Waals surface area contributed by atoms with Crippen molar-refractivity contribution in [1.29, 1.82) is 0 Å². The largest absolute Gasteiger partial charge is 0.466 e. The van der Waals surface area contributed by atoms with Crippen molar-refractivity contribution in [1.82, 2.24) is 9.66 Å². The second kappa shape index (κ2) is 7.14. The average molecular weight is 269 g/mol. The third-order valence-electron chi connectivity index (χ3n) is 1.98. The molecule has 1 aromatic rings. The summed E-state index contributed by atoms with van der Waals surface area (Å²) < 4.78 is 10.5. The molecule has 1 heterocycles. The molecule has 0 aromatic carbocycles. The van der Waals surface area contributed by atoms with E-state index >= 15 is 0 Å². The van der Waals surface area contributed by atoms with E-state index in [2.05, 4.69) is 15.1 Å². The number of carbonyl (C=O) groups is 3. The van der Waals surface area contributed by atoms with Crippen LogP contribution in [0.25, 0.3) is 0 Å². The smallest absolute Gasteiger partial charge is 0.358 e. The SMILES string of the molecule is CCOC(=O)CC(=O)Nn1cncc1C(=O)OCC. The molecule has 0 saturated carbocycles. The van der Waals surface area contributed by atoms with E-state index in [1.54, 1.807) is 13.8 Å². The monoisotopic (exact) mass is 269 g/mol. The van der Waals surface area contributed by atoms with E-state index in [1.807, 2.05) is 0 Å². The fourth-order valence-corrected chi connectivity index (χ4v) is 1.26. The van der Waals surface area contributed by atoms with E-state index in [1.165, 1.54) is 12.5 Å². The molecule has 8 heteroatoms. The highest BCUT2D eigenvalue weighted by Crippen LogP contribution is 2.00. The standard InChI is InChI=1S/C11H15N3O5/c1-3-18-10(16)5-9(15)13-14-7-12-6-8(14)11(17)19-4-2/h6-7H,3-5H2,1-2H3,(H,13,15). The third-order valence-corrected chi connectivity index (χ3v) is 1.98. The Labute approximate surface area is 109 Å². The number of amides is 1. The Kier molecular flexibility index (Phi) is 5.52. The average Bonchev–Trinajstić information content (AvgIpc) is 2.77. The molecule has 0 saturated heterocycles. The maximum atomic E-state index is 11.5. The maximum absolute atomic E-state index is 11.5. The highest BCUT2D eigenvalue weighted by atomic mass is 16.5. The number of hydrogen-bond acceptors (Lipinski definition) is 6. The first-order chi connectivity index (χ1) is 9.08. The van der Waals surface area contributed by atoms with Gasteiger partial charge in [0.2, 0.25) is 5.91 Å². The fourth-order valence-electron chi connectivity index (χ4n) is 1.26. The zero-order valence-corrected chi connectivity index (χ0v) is 10.7. The van der Waals surface area contributed by atoms with Crippen LogP contribution in [0, 0.1) is 0 Å². The van der Waals surface area contributed by atoms with E-state index in [-0.39, 0.29) is 18.9 Å². The van der Waals surface area contributed by atoms with Gasteiger partial charge >= 0.3 is 11.9 Å². The molecule has 0 bridgehead atoms. The second-order valence-corrected chi connectivity index (χ2v) is 3.39. The molecule has 0 unspecified atom stereocenters. The topological polar surface area (TPSA) is 99.5 Å². The van der Waals surface area contributed by atoms with Crippen LogP contribution in [-0.2, 0) is 19.1 Å². The lowest BCUT2D eigenvalue weighted by atomic mass is 10.4. The summed E-state index contributed by atoms with van der Waals surface area (Å²) in [5.41, 5.74) is 2.40. The maximum Gasteiger partial charge on any atom is 0.358 e. The molecule has 1 N–H and O–H groups in total. The van der Waals surface area contributed by atoms with Crippen molar-refractivity contribution in [2.24, 2.45) is 0 Å². The van der Waals surface area contributed by atoms with E-state index in [0.717, 1.165) is 4.68 Å². The predicted octanol–water partition coefficient (Wildman–Crippen LogP) is 0.0831.